The zero-order chi connectivity index (χ0) is 37.5. The summed E-state index contributed by atoms with van der Waals surface area (Å²) in [7, 11) is -7.17. The predicted molar refractivity (Wildman–Crippen MR) is 222 cm³/mol. The van der Waals surface area contributed by atoms with Crippen molar-refractivity contribution in [3.63, 3.8) is 0 Å². The van der Waals surface area contributed by atoms with Gasteiger partial charge in [-0.2, -0.15) is 4.58 Å². The molecule has 2 heterocycles. The smallest absolute Gasteiger partial charge is 0.214 e. The first-order chi connectivity index (χ1) is 26.1. The Balaban J connectivity index is 1.26. The van der Waals surface area contributed by atoms with Crippen LogP contribution in [0.5, 0.6) is 0 Å². The lowest BCUT2D eigenvalue weighted by atomic mass is 9.82. The fourth-order valence-electron chi connectivity index (χ4n) is 8.35. The molecule has 54 heavy (non-hydrogen) atoms. The summed E-state index contributed by atoms with van der Waals surface area (Å²) in [6, 6.07) is 35.7. The van der Waals surface area contributed by atoms with Gasteiger partial charge in [-0.3, -0.25) is 0 Å². The van der Waals surface area contributed by atoms with Crippen LogP contribution in [-0.2, 0) is 26.6 Å². The van der Waals surface area contributed by atoms with E-state index >= 15 is 0 Å². The lowest BCUT2D eigenvalue weighted by Crippen LogP contribution is -2.21. The monoisotopic (exact) mass is 755 g/mol. The first kappa shape index (κ1) is 35.9. The third-order valence-corrected chi connectivity index (χ3v) is 12.3. The first-order valence-electron chi connectivity index (χ1n) is 18.4. The van der Waals surface area contributed by atoms with Gasteiger partial charge in [0.05, 0.1) is 22.5 Å². The summed E-state index contributed by atoms with van der Waals surface area (Å²) in [4.78, 5) is 0. The van der Waals surface area contributed by atoms with E-state index in [1.807, 2.05) is 18.2 Å². The van der Waals surface area contributed by atoms with Crippen molar-refractivity contribution in [1.82, 2.24) is 4.57 Å². The highest BCUT2D eigenvalue weighted by atomic mass is 32.2. The second-order valence-electron chi connectivity index (χ2n) is 14.2. The van der Waals surface area contributed by atoms with Gasteiger partial charge in [-0.15, -0.1) is 0 Å². The summed E-state index contributed by atoms with van der Waals surface area (Å²) in [6.45, 7) is 1.05. The predicted octanol–water partition coefficient (Wildman–Crippen LogP) is 7.07. The van der Waals surface area contributed by atoms with E-state index < -0.39 is 20.0 Å². The molecule has 10 heteroatoms. The molecule has 0 saturated carbocycles. The second-order valence-corrected chi connectivity index (χ2v) is 17.7. The highest BCUT2D eigenvalue weighted by Gasteiger charge is 2.30. The molecular formula is C44H43N4O4S2+. The molecule has 0 saturated heterocycles. The zero-order valence-electron chi connectivity index (χ0n) is 30.0. The van der Waals surface area contributed by atoms with Crippen molar-refractivity contribution in [3.05, 3.63) is 149 Å². The lowest BCUT2D eigenvalue weighted by Gasteiger charge is -2.22. The second kappa shape index (κ2) is 14.6. The van der Waals surface area contributed by atoms with Gasteiger partial charge in [-0.05, 0) is 76.9 Å². The molecule has 0 spiro atoms. The average molecular weight is 756 g/mol. The lowest BCUT2D eigenvalue weighted by molar-refractivity contribution is -0.435. The molecule has 0 bridgehead atoms. The summed E-state index contributed by atoms with van der Waals surface area (Å²) in [6.07, 6.45) is 12.5. The van der Waals surface area contributed by atoms with Crippen LogP contribution in [0.25, 0.3) is 44.1 Å². The Labute approximate surface area is 316 Å². The van der Waals surface area contributed by atoms with Gasteiger partial charge >= 0.3 is 0 Å². The number of primary sulfonamides is 2. The number of allylic oxidation sites excluding steroid dienone is 6. The summed E-state index contributed by atoms with van der Waals surface area (Å²) in [5.41, 5.74) is 9.15. The molecule has 0 fully saturated rings. The Morgan fingerprint density at radius 3 is 2.13 bits per heavy atom. The van der Waals surface area contributed by atoms with E-state index in [2.05, 4.69) is 118 Å². The molecule has 8 nitrogen and oxygen atoms in total. The van der Waals surface area contributed by atoms with Crippen LogP contribution in [-0.4, -0.2) is 49.7 Å². The number of aryl methyl sites for hydroxylation is 1. The van der Waals surface area contributed by atoms with Crippen molar-refractivity contribution in [1.29, 1.82) is 0 Å². The highest BCUT2D eigenvalue weighted by Crippen LogP contribution is 2.39. The Morgan fingerprint density at radius 1 is 0.685 bits per heavy atom. The van der Waals surface area contributed by atoms with E-state index in [1.165, 1.54) is 27.5 Å². The Bertz CT molecular complexity index is 2840. The molecule has 0 amide bonds. The van der Waals surface area contributed by atoms with E-state index in [4.69, 9.17) is 10.3 Å². The summed E-state index contributed by atoms with van der Waals surface area (Å²) in [5, 5.41) is 17.6. The Kier molecular flexibility index (Phi) is 9.70. The maximum Gasteiger partial charge on any atom is 0.214 e. The molecule has 4 N–H and O–H groups in total. The molecule has 274 valence electrons. The standard InChI is InChI=1S/C44H43N4O4S2/c45-53(49,50)29-9-27-47-38(36-19-5-15-32-17-7-21-40(47)43(32)36)25-23-34-13-4-14-35(42(34)31-11-2-1-3-12-31)24-26-39-37-20-6-16-33-18-8-22-41(44(33)37)48(39)28-10-30-54(46,51)52/h1-3,5-8,11-12,15-26H,4,9-10,13-14,27-30H2,(H2,45,49,50)(H2,46,51,52)/q+1. The van der Waals surface area contributed by atoms with Crippen molar-refractivity contribution in [3.8, 4) is 0 Å². The zero-order valence-corrected chi connectivity index (χ0v) is 31.6. The largest absolute Gasteiger partial charge is 0.340 e. The minimum absolute atomic E-state index is 0.0804. The maximum atomic E-state index is 11.9. The van der Waals surface area contributed by atoms with Crippen LogP contribution < -0.4 is 15.6 Å². The molecule has 8 rings (SSSR count). The van der Waals surface area contributed by atoms with Gasteiger partial charge in [-0.1, -0.05) is 97.1 Å². The van der Waals surface area contributed by atoms with Gasteiger partial charge in [-0.25, -0.2) is 27.1 Å². The van der Waals surface area contributed by atoms with Crippen LogP contribution in [0.3, 0.4) is 0 Å². The summed E-state index contributed by atoms with van der Waals surface area (Å²) in [5.74, 6) is -0.161. The van der Waals surface area contributed by atoms with E-state index in [1.54, 1.807) is 0 Å². The van der Waals surface area contributed by atoms with Crippen molar-refractivity contribution in [2.75, 3.05) is 18.1 Å². The third kappa shape index (κ3) is 7.22. The van der Waals surface area contributed by atoms with Crippen LogP contribution in [0.2, 0.25) is 0 Å². The molecule has 1 aliphatic carbocycles. The summed E-state index contributed by atoms with van der Waals surface area (Å²) < 4.78 is 51.9. The van der Waals surface area contributed by atoms with Crippen molar-refractivity contribution in [2.24, 2.45) is 10.3 Å². The molecule has 6 aromatic rings. The van der Waals surface area contributed by atoms with E-state index in [9.17, 15) is 16.8 Å². The number of sulfonamides is 2. The maximum absolute atomic E-state index is 11.9. The first-order valence-corrected chi connectivity index (χ1v) is 21.8. The van der Waals surface area contributed by atoms with Gasteiger partial charge in [0.15, 0.2) is 6.54 Å². The van der Waals surface area contributed by atoms with Crippen LogP contribution in [0.4, 0.5) is 5.69 Å². The molecule has 0 radical (unpaired) electrons. The number of benzene rings is 5. The molecule has 2 aliphatic rings. The van der Waals surface area contributed by atoms with Crippen LogP contribution in [0, 0.1) is 0 Å². The van der Waals surface area contributed by atoms with Crippen LogP contribution in [0.15, 0.2) is 133 Å². The molecular weight excluding hydrogens is 713 g/mol. The van der Waals surface area contributed by atoms with Crippen LogP contribution in [0.1, 0.15) is 43.2 Å². The minimum atomic E-state index is -3.58. The molecule has 1 aromatic heterocycles. The molecule has 0 atom stereocenters. The van der Waals surface area contributed by atoms with Gasteiger partial charge in [0.2, 0.25) is 31.4 Å². The van der Waals surface area contributed by atoms with Gasteiger partial charge in [0, 0.05) is 46.7 Å². The number of nitrogens with zero attached hydrogens (tertiary/aromatic N) is 2. The van der Waals surface area contributed by atoms with Crippen molar-refractivity contribution in [2.45, 2.75) is 38.6 Å². The van der Waals surface area contributed by atoms with Gasteiger partial charge in [0.25, 0.3) is 0 Å². The quantitative estimate of drug-likeness (QED) is 0.130. The molecule has 5 aromatic carbocycles. The Hall–Kier alpha value is -5.13. The summed E-state index contributed by atoms with van der Waals surface area (Å²) >= 11 is 0. The topological polar surface area (TPSA) is 128 Å². The van der Waals surface area contributed by atoms with E-state index in [0.29, 0.717) is 25.9 Å². The van der Waals surface area contributed by atoms with Crippen molar-refractivity contribution < 1.29 is 21.4 Å². The molecule has 1 aliphatic heterocycles. The Morgan fingerprint density at radius 2 is 1.37 bits per heavy atom. The van der Waals surface area contributed by atoms with Gasteiger partial charge in [0.1, 0.15) is 0 Å². The average Bonchev–Trinajstić information content (AvgIpc) is 3.62. The number of aromatic nitrogens is 1. The van der Waals surface area contributed by atoms with Crippen molar-refractivity contribution >= 4 is 75.5 Å². The number of hydrogen-bond acceptors (Lipinski definition) is 4. The minimum Gasteiger partial charge on any atom is -0.340 e. The van der Waals surface area contributed by atoms with E-state index in [-0.39, 0.29) is 11.5 Å². The normalized spacial score (nSPS) is 16.4. The van der Waals surface area contributed by atoms with Crippen LogP contribution >= 0.6 is 0 Å². The highest BCUT2D eigenvalue weighted by molar-refractivity contribution is 7.89. The van der Waals surface area contributed by atoms with E-state index in [0.717, 1.165) is 68.8 Å². The number of nitrogens with two attached hydrogens (primary N) is 2. The number of rotatable bonds is 12. The SMILES string of the molecule is NS(=O)(=O)CCCn1/c(=C\C=C2/CCCC(/C=C\C3=[N+](CCCS(N)(=O)=O)c4cccc5cccc3c45)=C2c2ccccc2)c2cccc3cccc1c32. The van der Waals surface area contributed by atoms with Gasteiger partial charge < -0.3 is 4.57 Å². The molecule has 0 unspecified atom stereocenters. The third-order valence-electron chi connectivity index (χ3n) is 10.6. The fourth-order valence-corrected chi connectivity index (χ4v) is 9.41. The number of hydrogen-bond donors (Lipinski definition) is 2. The fraction of sp³-hybridized carbons (Fsp3) is 0.205.